The van der Waals surface area contributed by atoms with Gasteiger partial charge in [0.2, 0.25) is 0 Å². The molecular weight excluding hydrogens is 190 g/mol. The minimum absolute atomic E-state index is 0.592. The minimum Gasteiger partial charge on any atom is -0.375 e. The molecule has 0 radical (unpaired) electrons. The highest BCUT2D eigenvalue weighted by Crippen LogP contribution is 1.89. The van der Waals surface area contributed by atoms with E-state index in [9.17, 15) is 0 Å². The number of hydrogen-bond donors (Lipinski definition) is 1. The van der Waals surface area contributed by atoms with Crippen LogP contribution in [-0.4, -0.2) is 43.7 Å². The predicted octanol–water partition coefficient (Wildman–Crippen LogP) is 1.24. The smallest absolute Gasteiger partial charge is 0.191 e. The van der Waals surface area contributed by atoms with Gasteiger partial charge in [-0.3, -0.25) is 4.99 Å². The standard InChI is InChI=1S/C11H23N3O/c1-5-14(6-2)11(12)13-7-8-15-9-10(3)4/h3,5-9H2,1-2,4H3,(H2,12,13). The summed E-state index contributed by atoms with van der Waals surface area (Å²) in [6.07, 6.45) is 0. The molecule has 0 spiro atoms. The molecule has 15 heavy (non-hydrogen) atoms. The van der Waals surface area contributed by atoms with Gasteiger partial charge in [0, 0.05) is 13.1 Å². The van der Waals surface area contributed by atoms with Crippen LogP contribution >= 0.6 is 0 Å². The van der Waals surface area contributed by atoms with Crippen molar-refractivity contribution in [1.82, 2.24) is 4.90 Å². The molecular formula is C11H23N3O. The molecule has 0 amide bonds. The average Bonchev–Trinajstić information content (AvgIpc) is 2.18. The third-order valence-electron chi connectivity index (χ3n) is 1.95. The predicted molar refractivity (Wildman–Crippen MR) is 65.0 cm³/mol. The van der Waals surface area contributed by atoms with Gasteiger partial charge in [-0.1, -0.05) is 12.2 Å². The summed E-state index contributed by atoms with van der Waals surface area (Å²) in [5.41, 5.74) is 6.81. The second kappa shape index (κ2) is 8.29. The van der Waals surface area contributed by atoms with E-state index in [1.807, 2.05) is 11.8 Å². The van der Waals surface area contributed by atoms with Crippen molar-refractivity contribution in [2.45, 2.75) is 20.8 Å². The zero-order valence-electron chi connectivity index (χ0n) is 10.1. The molecule has 4 nitrogen and oxygen atoms in total. The number of aliphatic imine (C=N–C) groups is 1. The Labute approximate surface area is 92.8 Å². The molecule has 0 heterocycles. The molecule has 0 aromatic heterocycles. The topological polar surface area (TPSA) is 50.9 Å². The molecule has 0 rings (SSSR count). The van der Waals surface area contributed by atoms with Gasteiger partial charge in [-0.15, -0.1) is 0 Å². The Hall–Kier alpha value is -1.03. The summed E-state index contributed by atoms with van der Waals surface area (Å²) in [5, 5.41) is 0. The van der Waals surface area contributed by atoms with Gasteiger partial charge < -0.3 is 15.4 Å². The van der Waals surface area contributed by atoms with Crippen LogP contribution in [-0.2, 0) is 4.74 Å². The molecule has 0 aliphatic carbocycles. The summed E-state index contributed by atoms with van der Waals surface area (Å²) in [7, 11) is 0. The Morgan fingerprint density at radius 3 is 2.47 bits per heavy atom. The molecule has 0 aromatic carbocycles. The quantitative estimate of drug-likeness (QED) is 0.299. The number of nitrogens with zero attached hydrogens (tertiary/aromatic N) is 2. The maximum absolute atomic E-state index is 5.78. The molecule has 4 heteroatoms. The minimum atomic E-state index is 0.592. The van der Waals surface area contributed by atoms with E-state index in [1.165, 1.54) is 0 Å². The first kappa shape index (κ1) is 14.0. The number of rotatable bonds is 7. The number of nitrogens with two attached hydrogens (primary N) is 1. The van der Waals surface area contributed by atoms with Crippen LogP contribution in [0.2, 0.25) is 0 Å². The van der Waals surface area contributed by atoms with Crippen molar-refractivity contribution in [1.29, 1.82) is 0 Å². The Balaban J connectivity index is 3.70. The van der Waals surface area contributed by atoms with Gasteiger partial charge in [-0.2, -0.15) is 0 Å². The maximum Gasteiger partial charge on any atom is 0.191 e. The first-order valence-electron chi connectivity index (χ1n) is 5.38. The van der Waals surface area contributed by atoms with Crippen molar-refractivity contribution in [2.75, 3.05) is 32.8 Å². The second-order valence-corrected chi connectivity index (χ2v) is 3.42. The summed E-state index contributed by atoms with van der Waals surface area (Å²) in [4.78, 5) is 6.24. The lowest BCUT2D eigenvalue weighted by molar-refractivity contribution is 0.164. The van der Waals surface area contributed by atoms with E-state index in [1.54, 1.807) is 0 Å². The lowest BCUT2D eigenvalue weighted by Gasteiger charge is -2.19. The maximum atomic E-state index is 5.78. The first-order chi connectivity index (χ1) is 7.11. The van der Waals surface area contributed by atoms with Gasteiger partial charge in [0.05, 0.1) is 19.8 Å². The van der Waals surface area contributed by atoms with Crippen molar-refractivity contribution in [3.8, 4) is 0 Å². The third-order valence-corrected chi connectivity index (χ3v) is 1.95. The zero-order valence-corrected chi connectivity index (χ0v) is 10.1. The molecule has 88 valence electrons. The van der Waals surface area contributed by atoms with Gasteiger partial charge in [0.25, 0.3) is 0 Å². The van der Waals surface area contributed by atoms with E-state index in [-0.39, 0.29) is 0 Å². The van der Waals surface area contributed by atoms with Crippen LogP contribution in [0.15, 0.2) is 17.1 Å². The van der Waals surface area contributed by atoms with Crippen molar-refractivity contribution in [3.63, 3.8) is 0 Å². The molecule has 0 saturated carbocycles. The van der Waals surface area contributed by atoms with E-state index >= 15 is 0 Å². The van der Waals surface area contributed by atoms with E-state index in [4.69, 9.17) is 10.5 Å². The summed E-state index contributed by atoms with van der Waals surface area (Å²) < 4.78 is 5.31. The van der Waals surface area contributed by atoms with E-state index in [0.29, 0.717) is 25.7 Å². The Kier molecular flexibility index (Phi) is 7.72. The normalized spacial score (nSPS) is 11.5. The molecule has 0 bridgehead atoms. The highest BCUT2D eigenvalue weighted by molar-refractivity contribution is 5.77. The molecule has 0 atom stereocenters. The van der Waals surface area contributed by atoms with Crippen molar-refractivity contribution in [2.24, 2.45) is 10.7 Å². The van der Waals surface area contributed by atoms with Crippen LogP contribution in [0.4, 0.5) is 0 Å². The molecule has 0 fully saturated rings. The molecule has 2 N–H and O–H groups in total. The third kappa shape index (κ3) is 6.96. The fraction of sp³-hybridized carbons (Fsp3) is 0.727. The van der Waals surface area contributed by atoms with Gasteiger partial charge >= 0.3 is 0 Å². The van der Waals surface area contributed by atoms with Crippen LogP contribution < -0.4 is 5.73 Å². The number of hydrogen-bond acceptors (Lipinski definition) is 2. The van der Waals surface area contributed by atoms with Crippen molar-refractivity contribution in [3.05, 3.63) is 12.2 Å². The first-order valence-corrected chi connectivity index (χ1v) is 5.38. The molecule has 0 aliphatic heterocycles. The number of ether oxygens (including phenoxy) is 1. The average molecular weight is 213 g/mol. The largest absolute Gasteiger partial charge is 0.375 e. The Morgan fingerprint density at radius 2 is 2.00 bits per heavy atom. The second-order valence-electron chi connectivity index (χ2n) is 3.42. The van der Waals surface area contributed by atoms with E-state index in [2.05, 4.69) is 25.4 Å². The van der Waals surface area contributed by atoms with Crippen LogP contribution in [0.5, 0.6) is 0 Å². The fourth-order valence-corrected chi connectivity index (χ4v) is 1.12. The summed E-state index contributed by atoms with van der Waals surface area (Å²) >= 11 is 0. The molecule has 0 aromatic rings. The molecule has 0 unspecified atom stereocenters. The summed E-state index contributed by atoms with van der Waals surface area (Å²) in [6.45, 7) is 13.4. The zero-order chi connectivity index (χ0) is 11.7. The monoisotopic (exact) mass is 213 g/mol. The molecule has 0 aliphatic rings. The molecule has 0 saturated heterocycles. The SMILES string of the molecule is C=C(C)COCCN=C(N)N(CC)CC. The van der Waals surface area contributed by atoms with Crippen LogP contribution in [0.3, 0.4) is 0 Å². The van der Waals surface area contributed by atoms with Gasteiger partial charge in [-0.25, -0.2) is 0 Å². The Morgan fingerprint density at radius 1 is 1.40 bits per heavy atom. The Bertz CT molecular complexity index is 210. The lowest BCUT2D eigenvalue weighted by Crippen LogP contribution is -2.37. The highest BCUT2D eigenvalue weighted by Gasteiger charge is 2.00. The van der Waals surface area contributed by atoms with Crippen LogP contribution in [0.1, 0.15) is 20.8 Å². The van der Waals surface area contributed by atoms with E-state index in [0.717, 1.165) is 18.7 Å². The summed E-state index contributed by atoms with van der Waals surface area (Å²) in [5.74, 6) is 0.596. The van der Waals surface area contributed by atoms with Crippen molar-refractivity contribution >= 4 is 5.96 Å². The van der Waals surface area contributed by atoms with E-state index < -0.39 is 0 Å². The fourth-order valence-electron chi connectivity index (χ4n) is 1.12. The highest BCUT2D eigenvalue weighted by atomic mass is 16.5. The lowest BCUT2D eigenvalue weighted by atomic mass is 10.4. The van der Waals surface area contributed by atoms with Gasteiger partial charge in [0.1, 0.15) is 0 Å². The van der Waals surface area contributed by atoms with Crippen LogP contribution in [0.25, 0.3) is 0 Å². The van der Waals surface area contributed by atoms with Crippen molar-refractivity contribution < 1.29 is 4.74 Å². The summed E-state index contributed by atoms with van der Waals surface area (Å²) in [6, 6.07) is 0. The van der Waals surface area contributed by atoms with Gasteiger partial charge in [-0.05, 0) is 20.8 Å². The number of guanidine groups is 1. The van der Waals surface area contributed by atoms with Gasteiger partial charge in [0.15, 0.2) is 5.96 Å². The van der Waals surface area contributed by atoms with Crippen LogP contribution in [0, 0.1) is 0 Å².